The molecule has 1 aromatic heterocycles. The number of aromatic nitrogens is 1. The third kappa shape index (κ3) is 5.15. The predicted octanol–water partition coefficient (Wildman–Crippen LogP) is 4.84. The van der Waals surface area contributed by atoms with Gasteiger partial charge in [0.25, 0.3) is 0 Å². The van der Waals surface area contributed by atoms with Gasteiger partial charge in [0.1, 0.15) is 4.88 Å². The second kappa shape index (κ2) is 9.89. The highest BCUT2D eigenvalue weighted by Gasteiger charge is 2.20. The molecule has 0 amide bonds. The Kier molecular flexibility index (Phi) is 7.03. The third-order valence-corrected chi connectivity index (χ3v) is 4.91. The maximum atomic E-state index is 12.2. The van der Waals surface area contributed by atoms with Crippen molar-refractivity contribution in [1.29, 1.82) is 0 Å². The topological polar surface area (TPSA) is 82.0 Å². The summed E-state index contributed by atoms with van der Waals surface area (Å²) in [4.78, 5) is 17.1. The van der Waals surface area contributed by atoms with Gasteiger partial charge >= 0.3 is 5.97 Å². The van der Waals surface area contributed by atoms with E-state index in [1.165, 1.54) is 18.4 Å². The summed E-state index contributed by atoms with van der Waals surface area (Å²) in [5.41, 5.74) is 5.09. The average Bonchev–Trinajstić information content (AvgIpc) is 3.18. The Hall–Kier alpha value is -3.39. The Balaban J connectivity index is 1.79. The molecule has 1 N–H and O–H groups in total. The first-order chi connectivity index (χ1) is 14.5. The molecule has 0 fully saturated rings. The van der Waals surface area contributed by atoms with E-state index in [9.17, 15) is 4.79 Å². The molecule has 0 bridgehead atoms. The van der Waals surface area contributed by atoms with Crippen molar-refractivity contribution in [2.45, 2.75) is 20.0 Å². The van der Waals surface area contributed by atoms with E-state index in [2.05, 4.69) is 15.5 Å². The smallest absolute Gasteiger partial charge is 0.350 e. The van der Waals surface area contributed by atoms with Gasteiger partial charge in [-0.05, 0) is 37.6 Å². The molecule has 0 saturated heterocycles. The molecule has 0 aliphatic carbocycles. The molecule has 30 heavy (non-hydrogen) atoms. The van der Waals surface area contributed by atoms with Gasteiger partial charge in [0.15, 0.2) is 11.5 Å². The SMILES string of the molecule is COC(=O)c1sc(N/N=C\c2ccc(OC(C)C)c(OC)c2)nc1-c1ccccc1. The number of rotatable bonds is 8. The molecule has 0 aliphatic rings. The number of hydrogen-bond acceptors (Lipinski definition) is 8. The maximum Gasteiger partial charge on any atom is 0.350 e. The van der Waals surface area contributed by atoms with Gasteiger partial charge in [-0.2, -0.15) is 5.10 Å². The van der Waals surface area contributed by atoms with Crippen molar-refractivity contribution in [3.8, 4) is 22.8 Å². The van der Waals surface area contributed by atoms with E-state index in [4.69, 9.17) is 14.2 Å². The Labute approximate surface area is 179 Å². The lowest BCUT2D eigenvalue weighted by atomic mass is 10.1. The summed E-state index contributed by atoms with van der Waals surface area (Å²) in [5.74, 6) is 0.864. The first-order valence-electron chi connectivity index (χ1n) is 9.30. The monoisotopic (exact) mass is 425 g/mol. The van der Waals surface area contributed by atoms with Crippen molar-refractivity contribution in [2.75, 3.05) is 19.6 Å². The molecule has 0 aliphatic heterocycles. The van der Waals surface area contributed by atoms with Gasteiger partial charge < -0.3 is 14.2 Å². The first-order valence-corrected chi connectivity index (χ1v) is 10.1. The number of esters is 1. The van der Waals surface area contributed by atoms with Crippen LogP contribution in [0.15, 0.2) is 53.6 Å². The fraction of sp³-hybridized carbons (Fsp3) is 0.227. The molecular formula is C22H23N3O4S. The number of anilines is 1. The minimum absolute atomic E-state index is 0.0489. The van der Waals surface area contributed by atoms with E-state index in [1.54, 1.807) is 13.3 Å². The van der Waals surface area contributed by atoms with Crippen molar-refractivity contribution in [3.63, 3.8) is 0 Å². The van der Waals surface area contributed by atoms with Gasteiger partial charge in [-0.25, -0.2) is 9.78 Å². The van der Waals surface area contributed by atoms with E-state index in [-0.39, 0.29) is 6.10 Å². The van der Waals surface area contributed by atoms with Crippen LogP contribution in [0.1, 0.15) is 29.1 Å². The normalized spacial score (nSPS) is 11.0. The number of benzene rings is 2. The minimum Gasteiger partial charge on any atom is -0.493 e. The van der Waals surface area contributed by atoms with Gasteiger partial charge in [-0.3, -0.25) is 5.43 Å². The molecule has 3 rings (SSSR count). The minimum atomic E-state index is -0.436. The Morgan fingerprint density at radius 1 is 1.13 bits per heavy atom. The number of nitrogens with one attached hydrogen (secondary N) is 1. The Bertz CT molecular complexity index is 1030. The van der Waals surface area contributed by atoms with E-state index >= 15 is 0 Å². The summed E-state index contributed by atoms with van der Waals surface area (Å²) in [6, 6.07) is 15.0. The Morgan fingerprint density at radius 2 is 1.90 bits per heavy atom. The van der Waals surface area contributed by atoms with Crippen LogP contribution in [0.5, 0.6) is 11.5 Å². The van der Waals surface area contributed by atoms with Crippen molar-refractivity contribution < 1.29 is 19.0 Å². The van der Waals surface area contributed by atoms with Crippen LogP contribution < -0.4 is 14.9 Å². The van der Waals surface area contributed by atoms with Crippen LogP contribution in [-0.2, 0) is 4.74 Å². The van der Waals surface area contributed by atoms with Crippen LogP contribution in [0.25, 0.3) is 11.3 Å². The van der Waals surface area contributed by atoms with E-state index in [0.717, 1.165) is 11.1 Å². The zero-order valence-electron chi connectivity index (χ0n) is 17.2. The maximum absolute atomic E-state index is 12.2. The summed E-state index contributed by atoms with van der Waals surface area (Å²) in [6.07, 6.45) is 1.69. The zero-order valence-corrected chi connectivity index (χ0v) is 18.0. The van der Waals surface area contributed by atoms with Crippen LogP contribution >= 0.6 is 11.3 Å². The molecule has 156 valence electrons. The molecule has 0 atom stereocenters. The van der Waals surface area contributed by atoms with E-state index in [0.29, 0.717) is 27.2 Å². The molecular weight excluding hydrogens is 402 g/mol. The van der Waals surface area contributed by atoms with Crippen LogP contribution in [0.4, 0.5) is 5.13 Å². The summed E-state index contributed by atoms with van der Waals surface area (Å²) in [7, 11) is 2.94. The van der Waals surface area contributed by atoms with Crippen molar-refractivity contribution in [2.24, 2.45) is 5.10 Å². The van der Waals surface area contributed by atoms with Crippen molar-refractivity contribution in [3.05, 3.63) is 59.0 Å². The van der Waals surface area contributed by atoms with Crippen LogP contribution in [0.2, 0.25) is 0 Å². The number of nitrogens with zero attached hydrogens (tertiary/aromatic N) is 2. The Morgan fingerprint density at radius 3 is 2.57 bits per heavy atom. The van der Waals surface area contributed by atoms with E-state index in [1.807, 2.05) is 62.4 Å². The summed E-state index contributed by atoms with van der Waals surface area (Å²) < 4.78 is 16.0. The molecule has 7 nitrogen and oxygen atoms in total. The van der Waals surface area contributed by atoms with Crippen LogP contribution in [0.3, 0.4) is 0 Å². The standard InChI is InChI=1S/C22H23N3O4S/c1-14(2)29-17-11-10-15(12-18(17)27-3)13-23-25-22-24-19(16-8-6-5-7-9-16)20(30-22)21(26)28-4/h5-14H,1-4H3,(H,24,25)/b23-13-. The van der Waals surface area contributed by atoms with Gasteiger partial charge in [-0.1, -0.05) is 41.7 Å². The number of methoxy groups -OCH3 is 2. The predicted molar refractivity (Wildman–Crippen MR) is 119 cm³/mol. The summed E-state index contributed by atoms with van der Waals surface area (Å²) in [5, 5.41) is 4.72. The van der Waals surface area contributed by atoms with Crippen LogP contribution in [-0.4, -0.2) is 37.5 Å². The molecule has 0 unspecified atom stereocenters. The van der Waals surface area contributed by atoms with Crippen LogP contribution in [0, 0.1) is 0 Å². The lowest BCUT2D eigenvalue weighted by Gasteiger charge is -2.13. The first kappa shape index (κ1) is 21.3. The molecule has 8 heteroatoms. The molecule has 1 heterocycles. The number of carbonyl (C=O) groups excluding carboxylic acids is 1. The third-order valence-electron chi connectivity index (χ3n) is 3.97. The molecule has 0 radical (unpaired) electrons. The summed E-state index contributed by atoms with van der Waals surface area (Å²) in [6.45, 7) is 3.91. The second-order valence-corrected chi connectivity index (χ2v) is 7.50. The fourth-order valence-corrected chi connectivity index (χ4v) is 3.52. The number of hydrazone groups is 1. The number of thiazole rings is 1. The molecule has 3 aromatic rings. The van der Waals surface area contributed by atoms with E-state index < -0.39 is 5.97 Å². The molecule has 2 aromatic carbocycles. The van der Waals surface area contributed by atoms with Gasteiger partial charge in [0.2, 0.25) is 5.13 Å². The number of hydrogen-bond donors (Lipinski definition) is 1. The highest BCUT2D eigenvalue weighted by atomic mass is 32.1. The highest BCUT2D eigenvalue weighted by molar-refractivity contribution is 7.17. The van der Waals surface area contributed by atoms with Gasteiger partial charge in [0, 0.05) is 5.56 Å². The fourth-order valence-electron chi connectivity index (χ4n) is 2.67. The number of carbonyl (C=O) groups is 1. The van der Waals surface area contributed by atoms with Crippen molar-refractivity contribution >= 4 is 28.7 Å². The molecule has 0 spiro atoms. The average molecular weight is 426 g/mol. The van der Waals surface area contributed by atoms with Gasteiger partial charge in [0.05, 0.1) is 32.2 Å². The number of ether oxygens (including phenoxy) is 3. The lowest BCUT2D eigenvalue weighted by molar-refractivity contribution is 0.0607. The largest absolute Gasteiger partial charge is 0.493 e. The highest BCUT2D eigenvalue weighted by Crippen LogP contribution is 2.32. The van der Waals surface area contributed by atoms with Crippen molar-refractivity contribution in [1.82, 2.24) is 4.98 Å². The summed E-state index contributed by atoms with van der Waals surface area (Å²) >= 11 is 1.18. The second-order valence-electron chi connectivity index (χ2n) is 6.50. The van der Waals surface area contributed by atoms with Gasteiger partial charge in [-0.15, -0.1) is 0 Å². The lowest BCUT2D eigenvalue weighted by Crippen LogP contribution is -2.06. The molecule has 0 saturated carbocycles. The zero-order chi connectivity index (χ0) is 21.5. The quantitative estimate of drug-likeness (QED) is 0.316.